The van der Waals surface area contributed by atoms with Crippen LogP contribution in [0, 0.1) is 11.8 Å². The topological polar surface area (TPSA) is 102 Å². The number of carboxylic acid groups (broad SMARTS) is 1. The van der Waals surface area contributed by atoms with Crippen LogP contribution >= 0.6 is 12.4 Å². The van der Waals surface area contributed by atoms with Crippen LogP contribution in [-0.4, -0.2) is 58.5 Å². The largest absolute Gasteiger partial charge is 0.480 e. The molecule has 0 aromatic rings. The van der Waals surface area contributed by atoms with Crippen LogP contribution in [0.2, 0.25) is 0 Å². The highest BCUT2D eigenvalue weighted by atomic mass is 35.5. The molecule has 8 heteroatoms. The summed E-state index contributed by atoms with van der Waals surface area (Å²) in [5.41, 5.74) is 0. The average Bonchev–Trinajstić information content (AvgIpc) is 2.81. The lowest BCUT2D eigenvalue weighted by atomic mass is 9.95. The Morgan fingerprint density at radius 1 is 1.48 bits per heavy atom. The van der Waals surface area contributed by atoms with Crippen molar-refractivity contribution in [2.45, 2.75) is 52.1 Å². The molecule has 1 saturated heterocycles. The summed E-state index contributed by atoms with van der Waals surface area (Å²) in [5, 5.41) is 24.0. The smallest absolute Gasteiger partial charge is 0.320 e. The van der Waals surface area contributed by atoms with Crippen molar-refractivity contribution in [1.29, 1.82) is 0 Å². The Morgan fingerprint density at radius 2 is 2.13 bits per heavy atom. The normalized spacial score (nSPS) is 24.1. The van der Waals surface area contributed by atoms with E-state index in [-0.39, 0.29) is 36.2 Å². The van der Waals surface area contributed by atoms with Gasteiger partial charge in [0.15, 0.2) is 0 Å². The van der Waals surface area contributed by atoms with Gasteiger partial charge >= 0.3 is 5.97 Å². The second-order valence-electron chi connectivity index (χ2n) is 6.11. The zero-order valence-electron chi connectivity index (χ0n) is 13.9. The first-order chi connectivity index (χ1) is 10.4. The molecule has 3 N–H and O–H groups in total. The van der Waals surface area contributed by atoms with Crippen molar-refractivity contribution >= 4 is 30.5 Å². The van der Waals surface area contributed by atoms with Crippen LogP contribution in [0.1, 0.15) is 40.0 Å². The number of aliphatic carboxylic acids is 1. The Bertz CT molecular complexity index is 420. The number of carbonyl (C=O) groups excluding carboxylic acids is 1. The minimum atomic E-state index is -0.851. The molecule has 0 aromatic heterocycles. The maximum Gasteiger partial charge on any atom is 0.320 e. The van der Waals surface area contributed by atoms with E-state index in [0.29, 0.717) is 19.5 Å². The van der Waals surface area contributed by atoms with Gasteiger partial charge in [0.2, 0.25) is 5.91 Å². The number of halogens is 1. The summed E-state index contributed by atoms with van der Waals surface area (Å²) < 4.78 is 0. The van der Waals surface area contributed by atoms with Crippen molar-refractivity contribution in [3.05, 3.63) is 0 Å². The first-order valence-corrected chi connectivity index (χ1v) is 7.80. The van der Waals surface area contributed by atoms with E-state index in [4.69, 9.17) is 5.21 Å². The lowest BCUT2D eigenvalue weighted by Crippen LogP contribution is -2.45. The van der Waals surface area contributed by atoms with Gasteiger partial charge in [-0.3, -0.25) is 14.5 Å². The van der Waals surface area contributed by atoms with E-state index in [1.807, 2.05) is 11.8 Å². The van der Waals surface area contributed by atoms with Gasteiger partial charge in [0.05, 0.1) is 0 Å². The van der Waals surface area contributed by atoms with Crippen molar-refractivity contribution in [3.8, 4) is 0 Å². The summed E-state index contributed by atoms with van der Waals surface area (Å²) in [6.07, 6.45) is 3.75. The molecule has 0 bridgehead atoms. The molecule has 134 valence electrons. The molecular weight excluding hydrogens is 322 g/mol. The number of oxime groups is 1. The molecule has 0 radical (unpaired) electrons. The monoisotopic (exact) mass is 349 g/mol. The number of likely N-dealkylation sites (tertiary alicyclic amines) is 1. The van der Waals surface area contributed by atoms with Crippen molar-refractivity contribution in [2.24, 2.45) is 17.0 Å². The standard InChI is InChI=1S/C15H27N3O4.ClH/c1-4-5-13(10(2)17-11(3)19)9-18-8-12(7-16-22)6-14(18)15(20)21;/h7,10,12-14,22H,4-6,8-9H2,1-3H3,(H,17,19)(H,20,21);1H/t10?,12-,13?,14+;/m0./s1. The first kappa shape index (κ1) is 21.7. The molecule has 1 aliphatic rings. The zero-order chi connectivity index (χ0) is 16.7. The van der Waals surface area contributed by atoms with Crippen LogP contribution < -0.4 is 5.32 Å². The van der Waals surface area contributed by atoms with Crippen LogP contribution in [0.5, 0.6) is 0 Å². The van der Waals surface area contributed by atoms with Crippen molar-refractivity contribution in [1.82, 2.24) is 10.2 Å². The molecule has 23 heavy (non-hydrogen) atoms. The molecule has 1 aliphatic heterocycles. The molecule has 4 atom stereocenters. The number of nitrogens with zero attached hydrogens (tertiary/aromatic N) is 2. The van der Waals surface area contributed by atoms with Crippen LogP contribution in [-0.2, 0) is 9.59 Å². The number of carbonyl (C=O) groups is 2. The Morgan fingerprint density at radius 3 is 2.61 bits per heavy atom. The van der Waals surface area contributed by atoms with Crippen molar-refractivity contribution in [3.63, 3.8) is 0 Å². The predicted molar refractivity (Wildman–Crippen MR) is 90.3 cm³/mol. The molecular formula is C15H28ClN3O4. The highest BCUT2D eigenvalue weighted by Gasteiger charge is 2.37. The van der Waals surface area contributed by atoms with Gasteiger partial charge in [0.25, 0.3) is 0 Å². The Hall–Kier alpha value is -1.34. The van der Waals surface area contributed by atoms with E-state index < -0.39 is 12.0 Å². The van der Waals surface area contributed by atoms with Gasteiger partial charge in [-0.15, -0.1) is 17.6 Å². The molecule has 1 heterocycles. The van der Waals surface area contributed by atoms with E-state index in [1.165, 1.54) is 13.1 Å². The lowest BCUT2D eigenvalue weighted by molar-refractivity contribution is -0.142. The van der Waals surface area contributed by atoms with Gasteiger partial charge in [-0.2, -0.15) is 0 Å². The SMILES string of the molecule is CCCC(CN1C[C@H](C=NO)C[C@@H]1C(=O)O)C(C)NC(C)=O.Cl. The van der Waals surface area contributed by atoms with E-state index in [9.17, 15) is 14.7 Å². The zero-order valence-corrected chi connectivity index (χ0v) is 14.8. The molecule has 0 spiro atoms. The minimum absolute atomic E-state index is 0. The highest BCUT2D eigenvalue weighted by Crippen LogP contribution is 2.25. The van der Waals surface area contributed by atoms with Gasteiger partial charge < -0.3 is 15.6 Å². The molecule has 2 unspecified atom stereocenters. The molecule has 0 aliphatic carbocycles. The average molecular weight is 350 g/mol. The summed E-state index contributed by atoms with van der Waals surface area (Å²) >= 11 is 0. The Labute approximate surface area is 143 Å². The fraction of sp³-hybridized carbons (Fsp3) is 0.800. The van der Waals surface area contributed by atoms with Gasteiger partial charge in [0.1, 0.15) is 6.04 Å². The van der Waals surface area contributed by atoms with Crippen LogP contribution in [0.3, 0.4) is 0 Å². The third kappa shape index (κ3) is 6.74. The van der Waals surface area contributed by atoms with Crippen LogP contribution in [0.25, 0.3) is 0 Å². The lowest BCUT2D eigenvalue weighted by Gasteiger charge is -2.30. The Kier molecular flexibility index (Phi) is 9.83. The van der Waals surface area contributed by atoms with Gasteiger partial charge in [-0.05, 0) is 25.7 Å². The third-order valence-electron chi connectivity index (χ3n) is 4.26. The molecule has 1 amide bonds. The summed E-state index contributed by atoms with van der Waals surface area (Å²) in [6, 6.07) is -0.565. The fourth-order valence-corrected chi connectivity index (χ4v) is 3.21. The predicted octanol–water partition coefficient (Wildman–Crippen LogP) is 1.58. The highest BCUT2D eigenvalue weighted by molar-refractivity contribution is 5.85. The molecule has 7 nitrogen and oxygen atoms in total. The number of hydrogen-bond donors (Lipinski definition) is 3. The molecule has 0 saturated carbocycles. The second kappa shape index (κ2) is 10.4. The summed E-state index contributed by atoms with van der Waals surface area (Å²) in [4.78, 5) is 24.6. The molecule has 1 fully saturated rings. The Balaban J connectivity index is 0.00000484. The number of carboxylic acids is 1. The number of nitrogens with one attached hydrogen (secondary N) is 1. The van der Waals surface area contributed by atoms with Gasteiger partial charge in [-0.1, -0.05) is 13.3 Å². The minimum Gasteiger partial charge on any atom is -0.480 e. The molecule has 1 rings (SSSR count). The number of hydrogen-bond acceptors (Lipinski definition) is 5. The summed E-state index contributed by atoms with van der Waals surface area (Å²) in [5.74, 6) is -0.781. The van der Waals surface area contributed by atoms with E-state index in [2.05, 4.69) is 17.4 Å². The quantitative estimate of drug-likeness (QED) is 0.351. The van der Waals surface area contributed by atoms with Crippen LogP contribution in [0.15, 0.2) is 5.16 Å². The number of rotatable bonds is 8. The summed E-state index contributed by atoms with van der Waals surface area (Å²) in [6.45, 7) is 6.70. The van der Waals surface area contributed by atoms with E-state index in [1.54, 1.807) is 0 Å². The second-order valence-corrected chi connectivity index (χ2v) is 6.11. The molecule has 0 aromatic carbocycles. The van der Waals surface area contributed by atoms with Crippen LogP contribution in [0.4, 0.5) is 0 Å². The maximum absolute atomic E-state index is 11.4. The fourth-order valence-electron chi connectivity index (χ4n) is 3.21. The summed E-state index contributed by atoms with van der Waals surface area (Å²) in [7, 11) is 0. The first-order valence-electron chi connectivity index (χ1n) is 7.80. The maximum atomic E-state index is 11.4. The number of amides is 1. The van der Waals surface area contributed by atoms with E-state index >= 15 is 0 Å². The van der Waals surface area contributed by atoms with E-state index in [0.717, 1.165) is 12.8 Å². The van der Waals surface area contributed by atoms with Gasteiger partial charge in [-0.25, -0.2) is 0 Å². The van der Waals surface area contributed by atoms with Crippen molar-refractivity contribution < 1.29 is 19.9 Å². The van der Waals surface area contributed by atoms with Gasteiger partial charge in [0, 0.05) is 38.2 Å². The third-order valence-corrected chi connectivity index (χ3v) is 4.26. The van der Waals surface area contributed by atoms with Crippen molar-refractivity contribution in [2.75, 3.05) is 13.1 Å².